The number of benzene rings is 1. The molecule has 1 fully saturated rings. The van der Waals surface area contributed by atoms with Crippen molar-refractivity contribution in [3.05, 3.63) is 38.9 Å². The number of nitrogens with zero attached hydrogens (tertiary/aromatic N) is 2. The van der Waals surface area contributed by atoms with E-state index in [1.54, 1.807) is 0 Å². The molecule has 6 nitrogen and oxygen atoms in total. The molecule has 2 rings (SSSR count). The summed E-state index contributed by atoms with van der Waals surface area (Å²) in [4.78, 5) is 24.4. The van der Waals surface area contributed by atoms with Crippen LogP contribution in [0.5, 0.6) is 0 Å². The van der Waals surface area contributed by atoms with Crippen LogP contribution in [0.25, 0.3) is 0 Å². The molecule has 108 valence electrons. The monoisotopic (exact) mass is 298 g/mol. The van der Waals surface area contributed by atoms with E-state index in [0.29, 0.717) is 6.54 Å². The van der Waals surface area contributed by atoms with E-state index in [4.69, 9.17) is 11.6 Å². The number of halogens is 1. The van der Waals surface area contributed by atoms with E-state index in [1.807, 2.05) is 6.92 Å². The summed E-state index contributed by atoms with van der Waals surface area (Å²) in [6, 6.07) is 3.61. The lowest BCUT2D eigenvalue weighted by Crippen LogP contribution is -2.40. The van der Waals surface area contributed by atoms with Crippen molar-refractivity contribution in [3.63, 3.8) is 0 Å². The van der Waals surface area contributed by atoms with Crippen molar-refractivity contribution in [1.82, 2.24) is 4.90 Å². The van der Waals surface area contributed by atoms with E-state index in [-0.39, 0.29) is 34.8 Å². The number of rotatable bonds is 3. The summed E-state index contributed by atoms with van der Waals surface area (Å²) in [7, 11) is 0. The highest BCUT2D eigenvalue weighted by Crippen LogP contribution is 2.29. The molecule has 1 aromatic carbocycles. The van der Waals surface area contributed by atoms with Gasteiger partial charge < -0.3 is 10.0 Å². The van der Waals surface area contributed by atoms with Crippen LogP contribution in [-0.2, 0) is 0 Å². The molecule has 0 aromatic heterocycles. The Morgan fingerprint density at radius 3 is 2.90 bits per heavy atom. The molecule has 20 heavy (non-hydrogen) atoms. The summed E-state index contributed by atoms with van der Waals surface area (Å²) in [5.74, 6) is -0.287. The molecule has 1 aromatic rings. The second-order valence-electron chi connectivity index (χ2n) is 4.93. The van der Waals surface area contributed by atoms with Gasteiger partial charge in [-0.3, -0.25) is 14.9 Å². The second kappa shape index (κ2) is 5.76. The number of carbonyl (C=O) groups excluding carboxylic acids is 1. The van der Waals surface area contributed by atoms with Crippen LogP contribution in [0.4, 0.5) is 5.69 Å². The van der Waals surface area contributed by atoms with E-state index in [2.05, 4.69) is 0 Å². The van der Waals surface area contributed by atoms with Crippen LogP contribution in [0.15, 0.2) is 18.2 Å². The highest BCUT2D eigenvalue weighted by Gasteiger charge is 2.36. The molecule has 2 unspecified atom stereocenters. The maximum Gasteiger partial charge on any atom is 0.282 e. The Labute approximate surface area is 121 Å². The minimum absolute atomic E-state index is 0.0324. The van der Waals surface area contributed by atoms with Gasteiger partial charge in [0.1, 0.15) is 5.56 Å². The number of hydrogen-bond acceptors (Lipinski definition) is 4. The Kier molecular flexibility index (Phi) is 4.25. The van der Waals surface area contributed by atoms with Gasteiger partial charge in [-0.05, 0) is 24.5 Å². The first-order valence-corrected chi connectivity index (χ1v) is 6.69. The summed E-state index contributed by atoms with van der Waals surface area (Å²) in [6.07, 6.45) is 0.769. The fraction of sp³-hybridized carbons (Fsp3) is 0.462. The third kappa shape index (κ3) is 2.62. The van der Waals surface area contributed by atoms with Gasteiger partial charge in [-0.25, -0.2) is 0 Å². The van der Waals surface area contributed by atoms with Crippen LogP contribution in [0.3, 0.4) is 0 Å². The van der Waals surface area contributed by atoms with Gasteiger partial charge in [-0.2, -0.15) is 0 Å². The average Bonchev–Trinajstić information content (AvgIpc) is 2.78. The largest absolute Gasteiger partial charge is 0.394 e. The number of aliphatic hydroxyl groups excluding tert-OH is 1. The maximum atomic E-state index is 12.5. The summed E-state index contributed by atoms with van der Waals surface area (Å²) >= 11 is 5.83. The number of carbonyl (C=O) groups is 1. The zero-order chi connectivity index (χ0) is 14.9. The van der Waals surface area contributed by atoms with Gasteiger partial charge in [0, 0.05) is 17.6 Å². The standard InChI is InChI=1S/C13H15ClN2O4/c1-8-4-5-15(12(8)7-17)13(18)10-6-9(14)2-3-11(10)16(19)20/h2-3,6,8,12,17H,4-5,7H2,1H3. The van der Waals surface area contributed by atoms with Gasteiger partial charge in [0.2, 0.25) is 0 Å². The third-order valence-electron chi connectivity index (χ3n) is 3.72. The van der Waals surface area contributed by atoms with Crippen molar-refractivity contribution in [3.8, 4) is 0 Å². The van der Waals surface area contributed by atoms with Gasteiger partial charge in [0.15, 0.2) is 0 Å². The third-order valence-corrected chi connectivity index (χ3v) is 3.95. The van der Waals surface area contributed by atoms with E-state index in [1.165, 1.54) is 23.1 Å². The molecule has 1 aliphatic rings. The number of nitro groups is 1. The first-order chi connectivity index (χ1) is 9.45. The zero-order valence-electron chi connectivity index (χ0n) is 11.0. The molecular weight excluding hydrogens is 284 g/mol. The van der Waals surface area contributed by atoms with Crippen LogP contribution in [0.2, 0.25) is 5.02 Å². The highest BCUT2D eigenvalue weighted by atomic mass is 35.5. The first kappa shape index (κ1) is 14.7. The van der Waals surface area contributed by atoms with Crippen LogP contribution in [0, 0.1) is 16.0 Å². The predicted octanol–water partition coefficient (Wildman–Crippen LogP) is 2.09. The summed E-state index contributed by atoms with van der Waals surface area (Å²) in [5, 5.41) is 20.7. The Bertz CT molecular complexity index is 549. The molecule has 7 heteroatoms. The fourth-order valence-electron chi connectivity index (χ4n) is 2.53. The van der Waals surface area contributed by atoms with Gasteiger partial charge in [-0.15, -0.1) is 0 Å². The number of likely N-dealkylation sites (tertiary alicyclic amines) is 1. The lowest BCUT2D eigenvalue weighted by atomic mass is 10.0. The average molecular weight is 299 g/mol. The van der Waals surface area contributed by atoms with Crippen molar-refractivity contribution >= 4 is 23.2 Å². The fourth-order valence-corrected chi connectivity index (χ4v) is 2.70. The molecule has 0 aliphatic carbocycles. The Balaban J connectivity index is 2.38. The zero-order valence-corrected chi connectivity index (χ0v) is 11.7. The molecule has 1 aliphatic heterocycles. The van der Waals surface area contributed by atoms with Crippen molar-refractivity contribution in [2.24, 2.45) is 5.92 Å². The topological polar surface area (TPSA) is 83.7 Å². The quantitative estimate of drug-likeness (QED) is 0.684. The van der Waals surface area contributed by atoms with E-state index >= 15 is 0 Å². The molecule has 0 radical (unpaired) electrons. The van der Waals surface area contributed by atoms with Crippen LogP contribution >= 0.6 is 11.6 Å². The maximum absolute atomic E-state index is 12.5. The van der Waals surface area contributed by atoms with E-state index in [0.717, 1.165) is 6.42 Å². The van der Waals surface area contributed by atoms with Crippen molar-refractivity contribution in [2.45, 2.75) is 19.4 Å². The van der Waals surface area contributed by atoms with Gasteiger partial charge in [0.05, 0.1) is 17.6 Å². The number of amides is 1. The molecular formula is C13H15ClN2O4. The van der Waals surface area contributed by atoms with E-state index < -0.39 is 10.8 Å². The van der Waals surface area contributed by atoms with Gasteiger partial charge >= 0.3 is 0 Å². The Hall–Kier alpha value is -1.66. The smallest absolute Gasteiger partial charge is 0.282 e. The number of aliphatic hydroxyl groups is 1. The van der Waals surface area contributed by atoms with Crippen LogP contribution < -0.4 is 0 Å². The summed E-state index contributed by atoms with van der Waals surface area (Å²) in [6.45, 7) is 2.27. The highest BCUT2D eigenvalue weighted by molar-refractivity contribution is 6.31. The van der Waals surface area contributed by atoms with E-state index in [9.17, 15) is 20.0 Å². The SMILES string of the molecule is CC1CCN(C(=O)c2cc(Cl)ccc2[N+](=O)[O-])C1CO. The lowest BCUT2D eigenvalue weighted by molar-refractivity contribution is -0.385. The Morgan fingerprint density at radius 1 is 1.60 bits per heavy atom. The summed E-state index contributed by atoms with van der Waals surface area (Å²) in [5.41, 5.74) is -0.300. The van der Waals surface area contributed by atoms with Crippen LogP contribution in [0.1, 0.15) is 23.7 Å². The number of hydrogen-bond donors (Lipinski definition) is 1. The molecule has 1 N–H and O–H groups in total. The van der Waals surface area contributed by atoms with Gasteiger partial charge in [0.25, 0.3) is 11.6 Å². The molecule has 1 amide bonds. The Morgan fingerprint density at radius 2 is 2.30 bits per heavy atom. The molecule has 0 saturated carbocycles. The van der Waals surface area contributed by atoms with Crippen LogP contribution in [-0.4, -0.2) is 40.0 Å². The first-order valence-electron chi connectivity index (χ1n) is 6.31. The number of nitro benzene ring substituents is 1. The second-order valence-corrected chi connectivity index (χ2v) is 5.37. The minimum Gasteiger partial charge on any atom is -0.394 e. The van der Waals surface area contributed by atoms with Crippen molar-refractivity contribution < 1.29 is 14.8 Å². The molecule has 0 spiro atoms. The lowest BCUT2D eigenvalue weighted by Gasteiger charge is -2.25. The summed E-state index contributed by atoms with van der Waals surface area (Å²) < 4.78 is 0. The van der Waals surface area contributed by atoms with Crippen molar-refractivity contribution in [2.75, 3.05) is 13.2 Å². The molecule has 2 atom stereocenters. The normalized spacial score (nSPS) is 22.1. The molecule has 0 bridgehead atoms. The van der Waals surface area contributed by atoms with Gasteiger partial charge in [-0.1, -0.05) is 18.5 Å². The molecule has 1 saturated heterocycles. The molecule has 1 heterocycles. The minimum atomic E-state index is -0.600. The predicted molar refractivity (Wildman–Crippen MR) is 73.8 cm³/mol. The van der Waals surface area contributed by atoms with Crippen molar-refractivity contribution in [1.29, 1.82) is 0 Å².